The molecule has 0 heterocycles. The fourth-order valence-corrected chi connectivity index (χ4v) is 12.1. The molecule has 0 radical (unpaired) electrons. The van der Waals surface area contributed by atoms with Gasteiger partial charge in [-0.05, 0) is 103 Å². The Balaban J connectivity index is 4.07. The summed E-state index contributed by atoms with van der Waals surface area (Å²) < 4.78 is 34.3. The first-order chi connectivity index (χ1) is 48.5. The van der Waals surface area contributed by atoms with Crippen molar-refractivity contribution in [3.8, 4) is 0 Å². The first-order valence-electron chi connectivity index (χ1n) is 41.0. The van der Waals surface area contributed by atoms with Gasteiger partial charge in [0.2, 0.25) is 0 Å². The number of quaternary nitrogens is 1. The molecule has 0 fully saturated rings. The number of unbranched alkanes of at least 4 members (excludes halogenated alkanes) is 37. The molecule has 0 spiro atoms. The molecule has 2 unspecified atom stereocenters. The number of nitrogens with zero attached hydrogens (tertiary/aromatic N) is 1. The predicted octanol–water partition coefficient (Wildman–Crippen LogP) is 27.0. The van der Waals surface area contributed by atoms with Gasteiger partial charge >= 0.3 is 11.9 Å². The van der Waals surface area contributed by atoms with Gasteiger partial charge in [-0.15, -0.1) is 0 Å². The molecule has 9 nitrogen and oxygen atoms in total. The van der Waals surface area contributed by atoms with E-state index in [4.69, 9.17) is 18.5 Å². The molecular formula is C89H154NO8P. The molecule has 568 valence electrons. The van der Waals surface area contributed by atoms with E-state index in [9.17, 15) is 19.0 Å². The van der Waals surface area contributed by atoms with Crippen LogP contribution < -0.4 is 4.89 Å². The molecule has 0 aliphatic rings. The normalized spacial score (nSPS) is 13.8. The van der Waals surface area contributed by atoms with E-state index in [-0.39, 0.29) is 26.1 Å². The first-order valence-corrected chi connectivity index (χ1v) is 42.5. The summed E-state index contributed by atoms with van der Waals surface area (Å²) in [5.74, 6) is -0.881. The van der Waals surface area contributed by atoms with E-state index in [2.05, 4.69) is 160 Å². The minimum absolute atomic E-state index is 0.0453. The van der Waals surface area contributed by atoms with Gasteiger partial charge < -0.3 is 27.9 Å². The minimum Gasteiger partial charge on any atom is -0.756 e. The van der Waals surface area contributed by atoms with Crippen molar-refractivity contribution >= 4 is 19.8 Å². The van der Waals surface area contributed by atoms with Crippen LogP contribution in [0, 0.1) is 0 Å². The van der Waals surface area contributed by atoms with Crippen molar-refractivity contribution in [2.45, 2.75) is 360 Å². The maximum atomic E-state index is 12.9. The Bertz CT molecular complexity index is 2190. The van der Waals surface area contributed by atoms with Gasteiger partial charge in [0.15, 0.2) is 6.10 Å². The molecule has 2 atom stereocenters. The van der Waals surface area contributed by atoms with Crippen LogP contribution >= 0.6 is 7.82 Å². The van der Waals surface area contributed by atoms with Crippen LogP contribution in [0.3, 0.4) is 0 Å². The van der Waals surface area contributed by atoms with Crippen molar-refractivity contribution in [2.75, 3.05) is 47.5 Å². The van der Waals surface area contributed by atoms with Crippen molar-refractivity contribution in [3.05, 3.63) is 146 Å². The highest BCUT2D eigenvalue weighted by molar-refractivity contribution is 7.45. The molecule has 0 aromatic heterocycles. The molecule has 0 saturated carbocycles. The molecule has 0 saturated heterocycles. The number of ether oxygens (including phenoxy) is 2. The van der Waals surface area contributed by atoms with Gasteiger partial charge in [-0.25, -0.2) is 0 Å². The molecule has 0 amide bonds. The summed E-state index contributed by atoms with van der Waals surface area (Å²) in [5.41, 5.74) is 0. The topological polar surface area (TPSA) is 111 Å². The number of phosphoric ester groups is 1. The number of hydrogen-bond acceptors (Lipinski definition) is 8. The average Bonchev–Trinajstić information content (AvgIpc) is 0.989. The highest BCUT2D eigenvalue weighted by atomic mass is 31.2. The van der Waals surface area contributed by atoms with Gasteiger partial charge in [-0.2, -0.15) is 0 Å². The molecule has 10 heteroatoms. The van der Waals surface area contributed by atoms with Gasteiger partial charge in [-0.1, -0.05) is 384 Å². The van der Waals surface area contributed by atoms with Crippen LogP contribution in [-0.2, 0) is 32.7 Å². The smallest absolute Gasteiger partial charge is 0.306 e. The second kappa shape index (κ2) is 78.0. The predicted molar refractivity (Wildman–Crippen MR) is 429 cm³/mol. The highest BCUT2D eigenvalue weighted by Crippen LogP contribution is 2.38. The first kappa shape index (κ1) is 94.9. The lowest BCUT2D eigenvalue weighted by Crippen LogP contribution is -2.37. The van der Waals surface area contributed by atoms with E-state index in [1.165, 1.54) is 212 Å². The second-order valence-corrected chi connectivity index (χ2v) is 29.8. The Morgan fingerprint density at radius 1 is 0.323 bits per heavy atom. The third kappa shape index (κ3) is 82.7. The minimum atomic E-state index is -4.67. The van der Waals surface area contributed by atoms with Crippen molar-refractivity contribution in [2.24, 2.45) is 0 Å². The number of carbonyl (C=O) groups is 2. The number of carbonyl (C=O) groups excluding carboxylic acids is 2. The Morgan fingerprint density at radius 2 is 0.576 bits per heavy atom. The van der Waals surface area contributed by atoms with Crippen molar-refractivity contribution in [1.82, 2.24) is 0 Å². The SMILES string of the molecule is CC/C=C\C/C=C\C/C=C\C/C=C\C/C=C\C/C=C\C/C=C\C/C=C\C/C=C\C/C=C\C/C=C\C/C=C\CCCCC(=O)OC(COC(=O)CCCCCCCCCCCCCCCCCCCCCCCCCCCCCCCCCCCCCC)COP(=O)([O-])OCC[N+](C)(C)C. The Hall–Kier alpha value is -4.11. The fraction of sp³-hybridized carbons (Fsp3) is 0.708. The lowest BCUT2D eigenvalue weighted by molar-refractivity contribution is -0.870. The summed E-state index contributed by atoms with van der Waals surface area (Å²) in [6.45, 7) is 4.11. The van der Waals surface area contributed by atoms with E-state index in [1.54, 1.807) is 0 Å². The summed E-state index contributed by atoms with van der Waals surface area (Å²) in [6, 6.07) is 0. The summed E-state index contributed by atoms with van der Waals surface area (Å²) in [7, 11) is 1.13. The van der Waals surface area contributed by atoms with Gasteiger partial charge in [0.05, 0.1) is 27.7 Å². The van der Waals surface area contributed by atoms with Crippen molar-refractivity contribution in [3.63, 3.8) is 0 Å². The van der Waals surface area contributed by atoms with Crippen LogP contribution in [0.15, 0.2) is 146 Å². The molecule has 0 N–H and O–H groups in total. The van der Waals surface area contributed by atoms with Crippen molar-refractivity contribution < 1.29 is 42.1 Å². The second-order valence-electron chi connectivity index (χ2n) is 28.4. The van der Waals surface area contributed by atoms with E-state index in [1.807, 2.05) is 21.1 Å². The number of likely N-dealkylation sites (N-methyl/N-ethyl adjacent to an activating group) is 1. The largest absolute Gasteiger partial charge is 0.756 e. The summed E-state index contributed by atoms with van der Waals surface area (Å²) in [5, 5.41) is 0. The van der Waals surface area contributed by atoms with E-state index >= 15 is 0 Å². The quantitative estimate of drug-likeness (QED) is 0.0195. The van der Waals surface area contributed by atoms with Crippen LogP contribution in [0.2, 0.25) is 0 Å². The van der Waals surface area contributed by atoms with Gasteiger partial charge in [0, 0.05) is 12.8 Å². The zero-order chi connectivity index (χ0) is 71.8. The van der Waals surface area contributed by atoms with Gasteiger partial charge in [0.1, 0.15) is 19.8 Å². The van der Waals surface area contributed by atoms with Crippen LogP contribution in [0.1, 0.15) is 354 Å². The summed E-state index contributed by atoms with van der Waals surface area (Å²) in [4.78, 5) is 38.2. The number of esters is 2. The van der Waals surface area contributed by atoms with Crippen LogP contribution in [0.5, 0.6) is 0 Å². The van der Waals surface area contributed by atoms with Crippen LogP contribution in [0.4, 0.5) is 0 Å². The van der Waals surface area contributed by atoms with Gasteiger partial charge in [0.25, 0.3) is 7.82 Å². The Morgan fingerprint density at radius 3 is 0.859 bits per heavy atom. The molecular weight excluding hydrogens is 1240 g/mol. The molecule has 0 aromatic carbocycles. The van der Waals surface area contributed by atoms with E-state index in [0.29, 0.717) is 17.4 Å². The monoisotopic (exact) mass is 1400 g/mol. The zero-order valence-corrected chi connectivity index (χ0v) is 65.8. The molecule has 0 rings (SSSR count). The maximum Gasteiger partial charge on any atom is 0.306 e. The molecule has 0 aliphatic carbocycles. The zero-order valence-electron chi connectivity index (χ0n) is 64.9. The molecule has 0 aliphatic heterocycles. The Labute approximate surface area is 612 Å². The van der Waals surface area contributed by atoms with Gasteiger partial charge in [-0.3, -0.25) is 14.2 Å². The molecule has 0 bridgehead atoms. The summed E-state index contributed by atoms with van der Waals surface area (Å²) >= 11 is 0. The van der Waals surface area contributed by atoms with Crippen LogP contribution in [-0.4, -0.2) is 70.0 Å². The molecule has 99 heavy (non-hydrogen) atoms. The number of rotatable bonds is 75. The van der Waals surface area contributed by atoms with Crippen LogP contribution in [0.25, 0.3) is 0 Å². The highest BCUT2D eigenvalue weighted by Gasteiger charge is 2.22. The average molecular weight is 1400 g/mol. The third-order valence-corrected chi connectivity index (χ3v) is 18.6. The maximum absolute atomic E-state index is 12.9. The van der Waals surface area contributed by atoms with Crippen molar-refractivity contribution in [1.29, 1.82) is 0 Å². The lowest BCUT2D eigenvalue weighted by atomic mass is 10.0. The third-order valence-electron chi connectivity index (χ3n) is 17.6. The summed E-state index contributed by atoms with van der Waals surface area (Å²) in [6.07, 6.45) is 116. The number of phosphoric acid groups is 1. The number of allylic oxidation sites excluding steroid dienone is 24. The molecule has 0 aromatic rings. The van der Waals surface area contributed by atoms with E-state index in [0.717, 1.165) is 109 Å². The Kier molecular flexibility index (Phi) is 74.8. The number of hydrogen-bond donors (Lipinski definition) is 0. The lowest BCUT2D eigenvalue weighted by Gasteiger charge is -2.28. The van der Waals surface area contributed by atoms with E-state index < -0.39 is 32.5 Å². The fourth-order valence-electron chi connectivity index (χ4n) is 11.4. The standard InChI is InChI=1S/C89H154NO8P/c1-6-8-10-12-14-16-18-20-22-24-26-28-30-32-34-36-38-40-42-44-45-46-48-50-52-54-56-58-60-62-64-66-68-70-72-74-76-78-80-82-89(92)98-87(86-97-99(93,94)96-84-83-90(3,4)5)85-95-88(91)81-79-77-75-73-71-69-67-65-63-61-59-57-55-53-51-49-47-43-41-39-37-35-33-31-29-27-25-23-21-19-17-15-13-11-9-7-2/h8,10,14,16,20,22,26,28,32,34,38,40,44-45,48,50,54,56,60,62,66,68,72,74,87H,6-7,9,11-13,15,17-19,21,23-25,27,29-31,33,35-37,39,41-43,46-47,49,51-53,55,57-59,61,63-65,67,69-71,73,75-86H2,1-5H3/b10-8-,16-14-,22-20-,28-26-,34-32-,40-38-,45-44-,50-48-,56-54-,62-60-,68-66-,74-72-.